The molecule has 0 radical (unpaired) electrons. The number of benzene rings is 3. The number of ether oxygens (including phenoxy) is 3. The van der Waals surface area contributed by atoms with Crippen LogP contribution in [0, 0.1) is 10.1 Å². The average Bonchev–Trinajstić information content (AvgIpc) is 3.25. The number of aliphatic imine (C=N–C) groups is 1. The Morgan fingerprint density at radius 2 is 1.86 bits per heavy atom. The number of hydrogen-bond acceptors (Lipinski definition) is 8. The number of hydrogen-bond donors (Lipinski definition) is 0. The molecule has 0 saturated heterocycles. The van der Waals surface area contributed by atoms with Crippen LogP contribution in [0.4, 0.5) is 5.69 Å². The van der Waals surface area contributed by atoms with Gasteiger partial charge in [0.05, 0.1) is 11.5 Å². The Morgan fingerprint density at radius 1 is 1.08 bits per heavy atom. The van der Waals surface area contributed by atoms with Gasteiger partial charge in [0, 0.05) is 28.8 Å². The zero-order valence-electron chi connectivity index (χ0n) is 19.4. The van der Waals surface area contributed by atoms with Gasteiger partial charge in [-0.3, -0.25) is 10.1 Å². The molecule has 4 rings (SSSR count). The third-order valence-corrected chi connectivity index (χ3v) is 5.24. The second kappa shape index (κ2) is 11.3. The van der Waals surface area contributed by atoms with Crippen LogP contribution in [0.3, 0.4) is 0 Å². The summed E-state index contributed by atoms with van der Waals surface area (Å²) < 4.78 is 16.3. The average molecular weight is 519 g/mol. The van der Waals surface area contributed by atoms with Gasteiger partial charge in [0.15, 0.2) is 17.2 Å². The van der Waals surface area contributed by atoms with E-state index in [1.54, 1.807) is 49.4 Å². The highest BCUT2D eigenvalue weighted by Gasteiger charge is 2.24. The molecule has 0 aliphatic carbocycles. The van der Waals surface area contributed by atoms with Crippen molar-refractivity contribution in [2.75, 3.05) is 6.61 Å². The molecule has 3 aromatic rings. The molecule has 3 aromatic carbocycles. The molecule has 37 heavy (non-hydrogen) atoms. The van der Waals surface area contributed by atoms with Crippen LogP contribution in [0.2, 0.25) is 5.02 Å². The standard InChI is InChI=1S/C27H19ClN2O7/c1-2-35-24-16-18(15-22-27(32)37-26(29-22)19-8-10-20(28)11-9-19)6-12-23(24)36-25(31)13-7-17-4-3-5-21(14-17)30(33)34/h3-16H,2H2,1H3/b13-7+,22-15-. The first kappa shape index (κ1) is 25.3. The summed E-state index contributed by atoms with van der Waals surface area (Å²) in [5, 5.41) is 11.5. The minimum absolute atomic E-state index is 0.0883. The highest BCUT2D eigenvalue weighted by molar-refractivity contribution is 6.30. The number of nitrogens with zero attached hydrogens (tertiary/aromatic N) is 2. The summed E-state index contributed by atoms with van der Waals surface area (Å²) in [6.45, 7) is 2.07. The molecule has 0 aromatic heterocycles. The number of nitro groups is 1. The summed E-state index contributed by atoms with van der Waals surface area (Å²) in [6.07, 6.45) is 4.10. The second-order valence-electron chi connectivity index (χ2n) is 7.59. The number of cyclic esters (lactones) is 1. The van der Waals surface area contributed by atoms with Gasteiger partial charge in [0.25, 0.3) is 5.69 Å². The first-order valence-electron chi connectivity index (χ1n) is 11.0. The van der Waals surface area contributed by atoms with Gasteiger partial charge in [0.2, 0.25) is 5.90 Å². The van der Waals surface area contributed by atoms with Gasteiger partial charge < -0.3 is 14.2 Å². The Kier molecular flexibility index (Phi) is 7.75. The molecular weight excluding hydrogens is 500 g/mol. The van der Waals surface area contributed by atoms with Crippen molar-refractivity contribution in [1.29, 1.82) is 0 Å². The Morgan fingerprint density at radius 3 is 2.59 bits per heavy atom. The number of carbonyl (C=O) groups is 2. The van der Waals surface area contributed by atoms with Gasteiger partial charge in [-0.2, -0.15) is 0 Å². The van der Waals surface area contributed by atoms with Crippen molar-refractivity contribution in [3.63, 3.8) is 0 Å². The van der Waals surface area contributed by atoms with E-state index in [2.05, 4.69) is 4.99 Å². The van der Waals surface area contributed by atoms with E-state index >= 15 is 0 Å². The van der Waals surface area contributed by atoms with Gasteiger partial charge in [0.1, 0.15) is 0 Å². The van der Waals surface area contributed by atoms with Gasteiger partial charge in [-0.05, 0) is 66.6 Å². The van der Waals surface area contributed by atoms with Crippen molar-refractivity contribution in [3.8, 4) is 11.5 Å². The topological polar surface area (TPSA) is 117 Å². The first-order chi connectivity index (χ1) is 17.8. The molecule has 0 saturated carbocycles. The van der Waals surface area contributed by atoms with Gasteiger partial charge >= 0.3 is 11.9 Å². The monoisotopic (exact) mass is 518 g/mol. The lowest BCUT2D eigenvalue weighted by Gasteiger charge is -2.10. The molecule has 0 unspecified atom stereocenters. The van der Waals surface area contributed by atoms with E-state index in [0.29, 0.717) is 28.3 Å². The van der Waals surface area contributed by atoms with E-state index < -0.39 is 16.9 Å². The summed E-state index contributed by atoms with van der Waals surface area (Å²) in [5.41, 5.74) is 1.66. The van der Waals surface area contributed by atoms with Crippen molar-refractivity contribution in [1.82, 2.24) is 0 Å². The van der Waals surface area contributed by atoms with Crippen molar-refractivity contribution < 1.29 is 28.7 Å². The summed E-state index contributed by atoms with van der Waals surface area (Å²) in [7, 11) is 0. The summed E-state index contributed by atoms with van der Waals surface area (Å²) >= 11 is 5.90. The molecule has 186 valence electrons. The van der Waals surface area contributed by atoms with Gasteiger partial charge in [-0.15, -0.1) is 0 Å². The highest BCUT2D eigenvalue weighted by atomic mass is 35.5. The fraction of sp³-hybridized carbons (Fsp3) is 0.0741. The largest absolute Gasteiger partial charge is 0.490 e. The Bertz CT molecular complexity index is 1460. The molecule has 0 spiro atoms. The molecule has 0 amide bonds. The van der Waals surface area contributed by atoms with Crippen LogP contribution in [-0.4, -0.2) is 29.4 Å². The Hall–Kier alpha value is -4.76. The molecule has 1 heterocycles. The van der Waals surface area contributed by atoms with E-state index in [4.69, 9.17) is 25.8 Å². The lowest BCUT2D eigenvalue weighted by molar-refractivity contribution is -0.384. The van der Waals surface area contributed by atoms with Crippen LogP contribution >= 0.6 is 11.6 Å². The number of halogens is 1. The minimum Gasteiger partial charge on any atom is -0.490 e. The van der Waals surface area contributed by atoms with E-state index in [1.165, 1.54) is 36.4 Å². The van der Waals surface area contributed by atoms with E-state index in [9.17, 15) is 19.7 Å². The normalized spacial score (nSPS) is 13.9. The predicted molar refractivity (Wildman–Crippen MR) is 137 cm³/mol. The quantitative estimate of drug-likeness (QED) is 0.125. The fourth-order valence-electron chi connectivity index (χ4n) is 3.30. The third-order valence-electron chi connectivity index (χ3n) is 4.99. The fourth-order valence-corrected chi connectivity index (χ4v) is 3.42. The van der Waals surface area contributed by atoms with Crippen LogP contribution in [0.5, 0.6) is 11.5 Å². The van der Waals surface area contributed by atoms with Crippen LogP contribution in [-0.2, 0) is 14.3 Å². The third kappa shape index (κ3) is 6.47. The van der Waals surface area contributed by atoms with Crippen LogP contribution < -0.4 is 9.47 Å². The van der Waals surface area contributed by atoms with E-state index in [0.717, 1.165) is 6.08 Å². The summed E-state index contributed by atoms with van der Waals surface area (Å²) in [6, 6.07) is 17.3. The van der Waals surface area contributed by atoms with E-state index in [1.807, 2.05) is 0 Å². The number of rotatable bonds is 8. The maximum absolute atomic E-state index is 12.4. The van der Waals surface area contributed by atoms with Crippen molar-refractivity contribution in [3.05, 3.63) is 110 Å². The molecule has 0 N–H and O–H groups in total. The Labute approximate surface area is 216 Å². The molecule has 0 fully saturated rings. The predicted octanol–water partition coefficient (Wildman–Crippen LogP) is 5.61. The van der Waals surface area contributed by atoms with Crippen molar-refractivity contribution in [2.45, 2.75) is 6.92 Å². The number of esters is 2. The highest BCUT2D eigenvalue weighted by Crippen LogP contribution is 2.30. The van der Waals surface area contributed by atoms with Gasteiger partial charge in [-0.25, -0.2) is 14.6 Å². The molecule has 1 aliphatic heterocycles. The molecule has 0 atom stereocenters. The lowest BCUT2D eigenvalue weighted by Crippen LogP contribution is -2.06. The zero-order valence-corrected chi connectivity index (χ0v) is 20.2. The van der Waals surface area contributed by atoms with E-state index in [-0.39, 0.29) is 28.8 Å². The smallest absolute Gasteiger partial charge is 0.363 e. The Balaban J connectivity index is 1.51. The molecular formula is C27H19ClN2O7. The maximum Gasteiger partial charge on any atom is 0.363 e. The molecule has 1 aliphatic rings. The van der Waals surface area contributed by atoms with Crippen molar-refractivity contribution >= 4 is 47.3 Å². The van der Waals surface area contributed by atoms with Gasteiger partial charge in [-0.1, -0.05) is 29.8 Å². The van der Waals surface area contributed by atoms with Crippen LogP contribution in [0.15, 0.2) is 83.5 Å². The van der Waals surface area contributed by atoms with Crippen LogP contribution in [0.1, 0.15) is 23.6 Å². The number of nitro benzene ring substituents is 1. The summed E-state index contributed by atoms with van der Waals surface area (Å²) in [4.78, 5) is 39.3. The number of non-ortho nitro benzene ring substituents is 1. The molecule has 9 nitrogen and oxygen atoms in total. The van der Waals surface area contributed by atoms with Crippen LogP contribution in [0.25, 0.3) is 12.2 Å². The second-order valence-corrected chi connectivity index (χ2v) is 8.03. The molecule has 10 heteroatoms. The summed E-state index contributed by atoms with van der Waals surface area (Å²) in [5.74, 6) is -0.696. The maximum atomic E-state index is 12.4. The van der Waals surface area contributed by atoms with Crippen molar-refractivity contribution in [2.24, 2.45) is 4.99 Å². The number of carbonyl (C=O) groups excluding carboxylic acids is 2. The molecule has 0 bridgehead atoms. The lowest BCUT2D eigenvalue weighted by atomic mass is 10.1. The zero-order chi connectivity index (χ0) is 26.4. The minimum atomic E-state index is -0.699. The SMILES string of the molecule is CCOc1cc(/C=C2\N=C(c3ccc(Cl)cc3)OC2=O)ccc1OC(=O)/C=C/c1cccc([N+](=O)[O-])c1. The first-order valence-corrected chi connectivity index (χ1v) is 11.4.